The highest BCUT2D eigenvalue weighted by atomic mass is 16.5. The van der Waals surface area contributed by atoms with Crippen molar-refractivity contribution in [1.29, 1.82) is 0 Å². The van der Waals surface area contributed by atoms with Crippen LogP contribution in [0.15, 0.2) is 12.2 Å². The van der Waals surface area contributed by atoms with Crippen molar-refractivity contribution in [2.75, 3.05) is 6.61 Å². The first kappa shape index (κ1) is 30.2. The quantitative estimate of drug-likeness (QED) is 0.0931. The minimum atomic E-state index is -0.164. The standard InChI is InChI=1S/C28H54O3/c1-3-5-7-9-10-15-18-22-26-31-28(30)25-21-17-14-12-11-13-16-20-24-27(29)23-19-8-6-4-2/h16,20,27,29H,3-15,17-19,21-26H2,1-2H3/b20-16-. The van der Waals surface area contributed by atoms with Crippen LogP contribution in [-0.4, -0.2) is 23.8 Å². The average Bonchev–Trinajstić information content (AvgIpc) is 2.76. The molecule has 0 rings (SSSR count). The summed E-state index contributed by atoms with van der Waals surface area (Å²) in [6.45, 7) is 5.07. The summed E-state index contributed by atoms with van der Waals surface area (Å²) in [4.78, 5) is 11.8. The third-order valence-corrected chi connectivity index (χ3v) is 5.98. The van der Waals surface area contributed by atoms with Crippen LogP contribution in [0.4, 0.5) is 0 Å². The molecular formula is C28H54O3. The number of hydrogen-bond donors (Lipinski definition) is 1. The van der Waals surface area contributed by atoms with Crippen LogP contribution >= 0.6 is 0 Å². The molecule has 0 aliphatic rings. The normalized spacial score (nSPS) is 12.5. The lowest BCUT2D eigenvalue weighted by molar-refractivity contribution is -0.143. The zero-order valence-corrected chi connectivity index (χ0v) is 21.1. The van der Waals surface area contributed by atoms with E-state index >= 15 is 0 Å². The SMILES string of the molecule is CCCCCCCCCCOC(=O)CCCCCCC/C=C\CC(O)CCCCCC. The van der Waals surface area contributed by atoms with Crippen LogP contribution in [0.3, 0.4) is 0 Å². The average molecular weight is 439 g/mol. The Morgan fingerprint density at radius 3 is 1.94 bits per heavy atom. The summed E-state index contributed by atoms with van der Waals surface area (Å²) in [6, 6.07) is 0. The van der Waals surface area contributed by atoms with Crippen molar-refractivity contribution < 1.29 is 14.6 Å². The van der Waals surface area contributed by atoms with E-state index in [1.807, 2.05) is 0 Å². The van der Waals surface area contributed by atoms with E-state index in [2.05, 4.69) is 26.0 Å². The molecule has 0 radical (unpaired) electrons. The minimum Gasteiger partial charge on any atom is -0.466 e. The molecule has 0 fully saturated rings. The number of hydrogen-bond acceptors (Lipinski definition) is 3. The van der Waals surface area contributed by atoms with E-state index in [9.17, 15) is 9.90 Å². The van der Waals surface area contributed by atoms with Crippen LogP contribution in [0.5, 0.6) is 0 Å². The second-order valence-electron chi connectivity index (χ2n) is 9.21. The van der Waals surface area contributed by atoms with Gasteiger partial charge in [0.05, 0.1) is 12.7 Å². The first-order valence-corrected chi connectivity index (χ1v) is 13.7. The molecule has 31 heavy (non-hydrogen) atoms. The molecule has 1 atom stereocenters. The maximum atomic E-state index is 11.8. The highest BCUT2D eigenvalue weighted by molar-refractivity contribution is 5.69. The van der Waals surface area contributed by atoms with E-state index in [0.29, 0.717) is 13.0 Å². The predicted octanol–water partition coefficient (Wildman–Crippen LogP) is 8.68. The molecule has 0 heterocycles. The largest absolute Gasteiger partial charge is 0.466 e. The molecule has 0 aliphatic carbocycles. The number of ether oxygens (including phenoxy) is 1. The summed E-state index contributed by atoms with van der Waals surface area (Å²) in [5.74, 6) is -0.0147. The lowest BCUT2D eigenvalue weighted by Crippen LogP contribution is -2.05. The van der Waals surface area contributed by atoms with Gasteiger partial charge in [-0.2, -0.15) is 0 Å². The monoisotopic (exact) mass is 438 g/mol. The minimum absolute atomic E-state index is 0.0147. The highest BCUT2D eigenvalue weighted by Crippen LogP contribution is 2.11. The van der Waals surface area contributed by atoms with Gasteiger partial charge in [0, 0.05) is 6.42 Å². The van der Waals surface area contributed by atoms with E-state index in [-0.39, 0.29) is 12.1 Å². The Hall–Kier alpha value is -0.830. The van der Waals surface area contributed by atoms with Crippen LogP contribution in [0.25, 0.3) is 0 Å². The summed E-state index contributed by atoms with van der Waals surface area (Å²) in [5.41, 5.74) is 0. The van der Waals surface area contributed by atoms with E-state index in [1.165, 1.54) is 83.5 Å². The molecule has 0 saturated heterocycles. The summed E-state index contributed by atoms with van der Waals surface area (Å²) in [5, 5.41) is 9.93. The van der Waals surface area contributed by atoms with Gasteiger partial charge < -0.3 is 9.84 Å². The fourth-order valence-corrected chi connectivity index (χ4v) is 3.85. The van der Waals surface area contributed by atoms with Gasteiger partial charge in [-0.15, -0.1) is 0 Å². The first-order chi connectivity index (χ1) is 15.2. The summed E-state index contributed by atoms with van der Waals surface area (Å²) < 4.78 is 5.35. The Balaban J connectivity index is 3.29. The number of allylic oxidation sites excluding steroid dienone is 1. The molecule has 0 aromatic carbocycles. The molecular weight excluding hydrogens is 384 g/mol. The molecule has 0 bridgehead atoms. The van der Waals surface area contributed by atoms with Crippen molar-refractivity contribution in [1.82, 2.24) is 0 Å². The fourth-order valence-electron chi connectivity index (χ4n) is 3.85. The summed E-state index contributed by atoms with van der Waals surface area (Å²) in [7, 11) is 0. The second kappa shape index (κ2) is 25.4. The molecule has 0 aromatic heterocycles. The van der Waals surface area contributed by atoms with E-state index in [0.717, 1.165) is 44.9 Å². The van der Waals surface area contributed by atoms with Gasteiger partial charge in [0.1, 0.15) is 0 Å². The topological polar surface area (TPSA) is 46.5 Å². The van der Waals surface area contributed by atoms with Gasteiger partial charge in [0.15, 0.2) is 0 Å². The summed E-state index contributed by atoms with van der Waals surface area (Å²) in [6.07, 6.45) is 28.4. The molecule has 0 spiro atoms. The van der Waals surface area contributed by atoms with E-state index in [4.69, 9.17) is 4.74 Å². The third-order valence-electron chi connectivity index (χ3n) is 5.98. The number of carbonyl (C=O) groups is 1. The molecule has 1 N–H and O–H groups in total. The number of aliphatic hydroxyl groups is 1. The number of carbonyl (C=O) groups excluding carboxylic acids is 1. The van der Waals surface area contributed by atoms with Crippen LogP contribution < -0.4 is 0 Å². The van der Waals surface area contributed by atoms with Crippen molar-refractivity contribution in [3.8, 4) is 0 Å². The van der Waals surface area contributed by atoms with Gasteiger partial charge >= 0.3 is 5.97 Å². The lowest BCUT2D eigenvalue weighted by Gasteiger charge is -2.07. The lowest BCUT2D eigenvalue weighted by atomic mass is 10.1. The number of esters is 1. The maximum Gasteiger partial charge on any atom is 0.305 e. The molecule has 3 heteroatoms. The maximum absolute atomic E-state index is 11.8. The van der Waals surface area contributed by atoms with Crippen molar-refractivity contribution in [2.45, 2.75) is 155 Å². The molecule has 0 saturated carbocycles. The third kappa shape index (κ3) is 25.3. The van der Waals surface area contributed by atoms with Gasteiger partial charge in [-0.1, -0.05) is 116 Å². The van der Waals surface area contributed by atoms with Gasteiger partial charge in [-0.3, -0.25) is 4.79 Å². The van der Waals surface area contributed by atoms with Gasteiger partial charge in [-0.25, -0.2) is 0 Å². The zero-order valence-electron chi connectivity index (χ0n) is 21.1. The van der Waals surface area contributed by atoms with E-state index < -0.39 is 0 Å². The predicted molar refractivity (Wildman–Crippen MR) is 134 cm³/mol. The van der Waals surface area contributed by atoms with Crippen LogP contribution in [0.2, 0.25) is 0 Å². The van der Waals surface area contributed by atoms with Crippen LogP contribution in [0, 0.1) is 0 Å². The molecule has 0 aromatic rings. The smallest absolute Gasteiger partial charge is 0.305 e. The van der Waals surface area contributed by atoms with Crippen molar-refractivity contribution in [3.63, 3.8) is 0 Å². The Kier molecular flexibility index (Phi) is 24.7. The van der Waals surface area contributed by atoms with Gasteiger partial charge in [-0.05, 0) is 38.5 Å². The van der Waals surface area contributed by atoms with Gasteiger partial charge in [0.2, 0.25) is 0 Å². The second-order valence-corrected chi connectivity index (χ2v) is 9.21. The first-order valence-electron chi connectivity index (χ1n) is 13.7. The molecule has 0 amide bonds. The van der Waals surface area contributed by atoms with Crippen LogP contribution in [-0.2, 0) is 9.53 Å². The molecule has 1 unspecified atom stereocenters. The van der Waals surface area contributed by atoms with E-state index in [1.54, 1.807) is 0 Å². The fraction of sp³-hybridized carbons (Fsp3) is 0.893. The Labute approximate surface area is 194 Å². The summed E-state index contributed by atoms with van der Waals surface area (Å²) >= 11 is 0. The Morgan fingerprint density at radius 2 is 1.26 bits per heavy atom. The van der Waals surface area contributed by atoms with Crippen molar-refractivity contribution in [3.05, 3.63) is 12.2 Å². The van der Waals surface area contributed by atoms with Crippen molar-refractivity contribution in [2.24, 2.45) is 0 Å². The highest BCUT2D eigenvalue weighted by Gasteiger charge is 2.03. The molecule has 0 aliphatic heterocycles. The number of unbranched alkanes of at least 4 members (excludes halogenated alkanes) is 15. The zero-order chi connectivity index (χ0) is 22.8. The Bertz CT molecular complexity index is 392. The van der Waals surface area contributed by atoms with Gasteiger partial charge in [0.25, 0.3) is 0 Å². The Morgan fingerprint density at radius 1 is 0.710 bits per heavy atom. The van der Waals surface area contributed by atoms with Crippen molar-refractivity contribution >= 4 is 5.97 Å². The van der Waals surface area contributed by atoms with Crippen LogP contribution in [0.1, 0.15) is 149 Å². The molecule has 184 valence electrons. The number of rotatable bonds is 24. The molecule has 3 nitrogen and oxygen atoms in total. The number of aliphatic hydroxyl groups excluding tert-OH is 1.